The van der Waals surface area contributed by atoms with E-state index in [2.05, 4.69) is 35.5 Å². The van der Waals surface area contributed by atoms with Crippen molar-refractivity contribution in [3.8, 4) is 0 Å². The molecule has 13 heteroatoms. The molecule has 6 N–H and O–H groups in total. The van der Waals surface area contributed by atoms with Gasteiger partial charge in [0, 0.05) is 6.42 Å². The van der Waals surface area contributed by atoms with E-state index in [1.807, 2.05) is 0 Å². The van der Waals surface area contributed by atoms with Crippen molar-refractivity contribution in [1.82, 2.24) is 5.32 Å². The van der Waals surface area contributed by atoms with Crippen LogP contribution < -0.4 is 5.32 Å². The molecule has 1 rings (SSSR count). The van der Waals surface area contributed by atoms with E-state index in [-0.39, 0.29) is 18.9 Å². The first kappa shape index (κ1) is 53.9. The SMILES string of the molecule is CCCCCCCCCC/C=C\CCCCCCCCCC(=O)NC(COC1OC(CO)C(O)C(OS(=O)(=O)O)C1O)C(O)CCCCCCCCCCCCC. The maximum Gasteiger partial charge on any atom is 0.397 e. The van der Waals surface area contributed by atoms with Crippen molar-refractivity contribution >= 4 is 16.3 Å². The Morgan fingerprint density at radius 2 is 1.12 bits per heavy atom. The zero-order chi connectivity index (χ0) is 42.0. The van der Waals surface area contributed by atoms with Crippen molar-refractivity contribution in [2.45, 2.75) is 249 Å². The second kappa shape index (κ2) is 35.6. The molecule has 1 amide bonds. The minimum atomic E-state index is -5.07. The number of carbonyl (C=O) groups is 1. The summed E-state index contributed by atoms with van der Waals surface area (Å²) in [6.45, 7) is 3.43. The summed E-state index contributed by atoms with van der Waals surface area (Å²) in [6.07, 6.45) is 29.3. The van der Waals surface area contributed by atoms with E-state index in [9.17, 15) is 33.6 Å². The third-order valence-electron chi connectivity index (χ3n) is 11.1. The molecule has 338 valence electrons. The topological polar surface area (TPSA) is 192 Å². The van der Waals surface area contributed by atoms with Gasteiger partial charge in [0.15, 0.2) is 6.29 Å². The normalized spacial score (nSPS) is 21.3. The van der Waals surface area contributed by atoms with Crippen LogP contribution in [0.3, 0.4) is 0 Å². The Balaban J connectivity index is 2.46. The number of hydrogen-bond acceptors (Lipinski definition) is 10. The highest BCUT2D eigenvalue weighted by molar-refractivity contribution is 7.80. The van der Waals surface area contributed by atoms with Gasteiger partial charge in [0.05, 0.1) is 25.4 Å². The lowest BCUT2D eigenvalue weighted by Gasteiger charge is -2.41. The lowest BCUT2D eigenvalue weighted by atomic mass is 9.99. The summed E-state index contributed by atoms with van der Waals surface area (Å²) in [5.74, 6) is -0.235. The number of allylic oxidation sites excluding steroid dienone is 2. The molecular formula is C44H85NO11S. The minimum absolute atomic E-state index is 0.235. The monoisotopic (exact) mass is 836 g/mol. The number of hydrogen-bond donors (Lipinski definition) is 6. The smallest absolute Gasteiger partial charge is 0.394 e. The van der Waals surface area contributed by atoms with Gasteiger partial charge in [-0.3, -0.25) is 9.35 Å². The number of carbonyl (C=O) groups excluding carboxylic acids is 1. The summed E-state index contributed by atoms with van der Waals surface area (Å²) in [5, 5.41) is 44.8. The average molecular weight is 836 g/mol. The number of ether oxygens (including phenoxy) is 2. The Bertz CT molecular complexity index is 1080. The van der Waals surface area contributed by atoms with Crippen LogP contribution in [0.15, 0.2) is 12.2 Å². The van der Waals surface area contributed by atoms with Crippen molar-refractivity contribution in [1.29, 1.82) is 0 Å². The molecule has 1 aliphatic heterocycles. The van der Waals surface area contributed by atoms with Crippen LogP contribution in [0, 0.1) is 0 Å². The van der Waals surface area contributed by atoms with Crippen LogP contribution in [0.5, 0.6) is 0 Å². The van der Waals surface area contributed by atoms with Crippen LogP contribution in [-0.4, -0.2) is 95.4 Å². The lowest BCUT2D eigenvalue weighted by Crippen LogP contribution is -2.61. The first-order valence-electron chi connectivity index (χ1n) is 23.1. The molecule has 0 aromatic rings. The molecule has 0 aromatic carbocycles. The second-order valence-electron chi connectivity index (χ2n) is 16.3. The number of aliphatic hydroxyl groups is 4. The van der Waals surface area contributed by atoms with Gasteiger partial charge >= 0.3 is 10.4 Å². The van der Waals surface area contributed by atoms with E-state index in [4.69, 9.17) is 14.0 Å². The zero-order valence-corrected chi connectivity index (χ0v) is 36.7. The third-order valence-corrected chi connectivity index (χ3v) is 11.5. The standard InChI is InChI=1S/C44H85NO11S/c1-3-5-7-9-11-13-15-16-17-18-19-20-21-22-24-26-28-30-32-34-40(48)45-37(38(47)33-31-29-27-25-23-14-12-10-8-6-4-2)36-54-44-42(50)43(56-57(51,52)53)41(49)39(35-46)55-44/h18-19,37-39,41-44,46-47,49-50H,3-17,20-36H2,1-2H3,(H,45,48)(H,51,52,53)/b19-18-. The van der Waals surface area contributed by atoms with Gasteiger partial charge in [-0.2, -0.15) is 8.42 Å². The maximum atomic E-state index is 13.0. The summed E-state index contributed by atoms with van der Waals surface area (Å²) in [5.41, 5.74) is 0. The van der Waals surface area contributed by atoms with E-state index in [1.165, 1.54) is 122 Å². The van der Waals surface area contributed by atoms with Crippen LogP contribution in [-0.2, 0) is 28.9 Å². The number of rotatable bonds is 39. The molecule has 0 saturated carbocycles. The molecule has 1 saturated heterocycles. The van der Waals surface area contributed by atoms with Crippen LogP contribution in [0.2, 0.25) is 0 Å². The number of nitrogens with one attached hydrogen (secondary N) is 1. The predicted octanol–water partition coefficient (Wildman–Crippen LogP) is 8.77. The van der Waals surface area contributed by atoms with E-state index in [0.29, 0.717) is 12.8 Å². The molecular weight excluding hydrogens is 751 g/mol. The molecule has 12 nitrogen and oxygen atoms in total. The summed E-state index contributed by atoms with van der Waals surface area (Å²) in [6, 6.07) is -0.855. The van der Waals surface area contributed by atoms with Gasteiger partial charge in [0.25, 0.3) is 0 Å². The predicted molar refractivity (Wildman–Crippen MR) is 227 cm³/mol. The fourth-order valence-corrected chi connectivity index (χ4v) is 7.96. The molecule has 0 spiro atoms. The second-order valence-corrected chi connectivity index (χ2v) is 17.4. The van der Waals surface area contributed by atoms with Crippen LogP contribution in [0.4, 0.5) is 0 Å². The van der Waals surface area contributed by atoms with Crippen molar-refractivity contribution in [3.05, 3.63) is 12.2 Å². The van der Waals surface area contributed by atoms with E-state index < -0.39 is 59.9 Å². The van der Waals surface area contributed by atoms with E-state index in [0.717, 1.165) is 51.4 Å². The Morgan fingerprint density at radius 1 is 0.684 bits per heavy atom. The zero-order valence-electron chi connectivity index (χ0n) is 35.9. The van der Waals surface area contributed by atoms with E-state index in [1.54, 1.807) is 0 Å². The molecule has 1 aliphatic rings. The van der Waals surface area contributed by atoms with Gasteiger partial charge in [-0.25, -0.2) is 4.18 Å². The maximum absolute atomic E-state index is 13.0. The highest BCUT2D eigenvalue weighted by Gasteiger charge is 2.48. The third kappa shape index (κ3) is 28.9. The Hall–Kier alpha value is -1.16. The summed E-state index contributed by atoms with van der Waals surface area (Å²) in [4.78, 5) is 13.0. The molecule has 0 radical (unpaired) electrons. The van der Waals surface area contributed by atoms with Crippen molar-refractivity contribution in [2.75, 3.05) is 13.2 Å². The van der Waals surface area contributed by atoms with Crippen molar-refractivity contribution in [3.63, 3.8) is 0 Å². The Kier molecular flexibility index (Phi) is 33.6. The summed E-state index contributed by atoms with van der Waals surface area (Å²) < 4.78 is 47.6. The highest BCUT2D eigenvalue weighted by Crippen LogP contribution is 2.26. The van der Waals surface area contributed by atoms with Crippen LogP contribution in [0.25, 0.3) is 0 Å². The molecule has 0 bridgehead atoms. The van der Waals surface area contributed by atoms with Gasteiger partial charge in [0.2, 0.25) is 5.91 Å². The van der Waals surface area contributed by atoms with Gasteiger partial charge in [-0.15, -0.1) is 0 Å². The lowest BCUT2D eigenvalue weighted by molar-refractivity contribution is -0.298. The quantitative estimate of drug-likeness (QED) is 0.0197. The Labute approximate surface area is 347 Å². The minimum Gasteiger partial charge on any atom is -0.394 e. The van der Waals surface area contributed by atoms with E-state index >= 15 is 0 Å². The first-order chi connectivity index (χ1) is 27.5. The molecule has 1 heterocycles. The van der Waals surface area contributed by atoms with Crippen LogP contribution in [0.1, 0.15) is 206 Å². The molecule has 0 aromatic heterocycles. The molecule has 57 heavy (non-hydrogen) atoms. The highest BCUT2D eigenvalue weighted by atomic mass is 32.3. The van der Waals surface area contributed by atoms with Gasteiger partial charge in [-0.1, -0.05) is 174 Å². The molecule has 0 aliphatic carbocycles. The number of unbranched alkanes of at least 4 members (excludes halogenated alkanes) is 25. The summed E-state index contributed by atoms with van der Waals surface area (Å²) >= 11 is 0. The first-order valence-corrected chi connectivity index (χ1v) is 24.4. The molecule has 7 atom stereocenters. The molecule has 1 fully saturated rings. The van der Waals surface area contributed by atoms with Gasteiger partial charge in [0.1, 0.15) is 24.4 Å². The van der Waals surface area contributed by atoms with Gasteiger partial charge in [-0.05, 0) is 38.5 Å². The molecule has 7 unspecified atom stereocenters. The summed E-state index contributed by atoms with van der Waals surface area (Å²) in [7, 11) is -5.07. The van der Waals surface area contributed by atoms with Crippen molar-refractivity contribution in [2.24, 2.45) is 0 Å². The fourth-order valence-electron chi connectivity index (χ4n) is 7.45. The Morgan fingerprint density at radius 3 is 1.58 bits per heavy atom. The van der Waals surface area contributed by atoms with Crippen molar-refractivity contribution < 1.29 is 51.8 Å². The van der Waals surface area contributed by atoms with Gasteiger partial charge < -0.3 is 35.2 Å². The number of aliphatic hydroxyl groups excluding tert-OH is 4. The fraction of sp³-hybridized carbons (Fsp3) is 0.932. The average Bonchev–Trinajstić information content (AvgIpc) is 3.18. The van der Waals surface area contributed by atoms with Crippen LogP contribution >= 0.6 is 0 Å². The largest absolute Gasteiger partial charge is 0.397 e. The number of amides is 1.